The van der Waals surface area contributed by atoms with Crippen LogP contribution in [0.5, 0.6) is 5.88 Å². The molecule has 2 rings (SSSR count). The molecular formula is C11H17N3O. The number of aromatic nitrogens is 1. The maximum absolute atomic E-state index is 5.61. The van der Waals surface area contributed by atoms with Gasteiger partial charge in [-0.05, 0) is 24.8 Å². The fourth-order valence-electron chi connectivity index (χ4n) is 2.06. The van der Waals surface area contributed by atoms with Crippen LogP contribution in [-0.4, -0.2) is 12.1 Å². The molecule has 1 atom stereocenters. The van der Waals surface area contributed by atoms with Gasteiger partial charge in [0.05, 0.1) is 13.2 Å². The van der Waals surface area contributed by atoms with Gasteiger partial charge in [0.2, 0.25) is 5.88 Å². The Bertz CT molecular complexity index is 325. The highest BCUT2D eigenvalue weighted by Gasteiger charge is 2.29. The van der Waals surface area contributed by atoms with Gasteiger partial charge in [-0.2, -0.15) is 0 Å². The quantitative estimate of drug-likeness (QED) is 0.578. The van der Waals surface area contributed by atoms with Gasteiger partial charge in [-0.3, -0.25) is 11.3 Å². The first-order valence-electron chi connectivity index (χ1n) is 5.32. The highest BCUT2D eigenvalue weighted by atomic mass is 16.5. The van der Waals surface area contributed by atoms with E-state index >= 15 is 0 Å². The first-order chi connectivity index (χ1) is 7.36. The highest BCUT2D eigenvalue weighted by molar-refractivity contribution is 5.29. The molecule has 0 spiro atoms. The Balaban J connectivity index is 2.24. The van der Waals surface area contributed by atoms with Gasteiger partial charge >= 0.3 is 0 Å². The van der Waals surface area contributed by atoms with Crippen molar-refractivity contribution in [3.63, 3.8) is 0 Å². The Morgan fingerprint density at radius 2 is 2.40 bits per heavy atom. The average molecular weight is 207 g/mol. The van der Waals surface area contributed by atoms with Crippen LogP contribution < -0.4 is 16.0 Å². The van der Waals surface area contributed by atoms with Crippen molar-refractivity contribution in [3.05, 3.63) is 23.9 Å². The molecule has 0 radical (unpaired) electrons. The molecule has 4 heteroatoms. The number of methoxy groups -OCH3 is 1. The summed E-state index contributed by atoms with van der Waals surface area (Å²) in [4.78, 5) is 4.19. The minimum Gasteiger partial charge on any atom is -0.481 e. The normalized spacial score (nSPS) is 18.3. The number of hydrazine groups is 1. The van der Waals surface area contributed by atoms with Gasteiger partial charge in [0.15, 0.2) is 0 Å². The van der Waals surface area contributed by atoms with Gasteiger partial charge in [0.1, 0.15) is 0 Å². The van der Waals surface area contributed by atoms with E-state index in [1.165, 1.54) is 19.3 Å². The number of ether oxygens (including phenoxy) is 1. The smallest absolute Gasteiger partial charge is 0.217 e. The lowest BCUT2D eigenvalue weighted by Crippen LogP contribution is -2.36. The molecule has 0 aliphatic heterocycles. The third kappa shape index (κ3) is 1.96. The molecule has 1 saturated carbocycles. The number of hydrogen-bond donors (Lipinski definition) is 2. The fraction of sp³-hybridized carbons (Fsp3) is 0.545. The zero-order valence-electron chi connectivity index (χ0n) is 8.94. The predicted molar refractivity (Wildman–Crippen MR) is 58.2 cm³/mol. The molecule has 1 unspecified atom stereocenters. The molecule has 1 heterocycles. The second kappa shape index (κ2) is 4.59. The molecule has 15 heavy (non-hydrogen) atoms. The molecule has 4 nitrogen and oxygen atoms in total. The van der Waals surface area contributed by atoms with Crippen LogP contribution in [0.4, 0.5) is 0 Å². The summed E-state index contributed by atoms with van der Waals surface area (Å²) in [5.41, 5.74) is 3.94. The van der Waals surface area contributed by atoms with Crippen molar-refractivity contribution in [2.24, 2.45) is 11.8 Å². The Kier molecular flexibility index (Phi) is 3.18. The minimum atomic E-state index is 0.169. The van der Waals surface area contributed by atoms with Crippen LogP contribution in [0.25, 0.3) is 0 Å². The zero-order valence-corrected chi connectivity index (χ0v) is 8.94. The molecular weight excluding hydrogens is 190 g/mol. The Hall–Kier alpha value is -1.13. The number of nitrogens with zero attached hydrogens (tertiary/aromatic N) is 1. The lowest BCUT2D eigenvalue weighted by atomic mass is 9.77. The third-order valence-corrected chi connectivity index (χ3v) is 3.13. The zero-order chi connectivity index (χ0) is 10.7. The van der Waals surface area contributed by atoms with E-state index in [2.05, 4.69) is 10.4 Å². The third-order valence-electron chi connectivity index (χ3n) is 3.13. The molecule has 0 amide bonds. The second-order valence-corrected chi connectivity index (χ2v) is 3.94. The summed E-state index contributed by atoms with van der Waals surface area (Å²) < 4.78 is 5.24. The van der Waals surface area contributed by atoms with Crippen molar-refractivity contribution < 1.29 is 4.74 Å². The molecule has 1 aromatic heterocycles. The molecule has 1 aromatic rings. The summed E-state index contributed by atoms with van der Waals surface area (Å²) in [6.45, 7) is 0. The van der Waals surface area contributed by atoms with Crippen LogP contribution in [0.3, 0.4) is 0 Å². The SMILES string of the molecule is COc1ncccc1C(NN)C1CCC1. The molecule has 0 bridgehead atoms. The maximum atomic E-state index is 5.61. The van der Waals surface area contributed by atoms with Crippen molar-refractivity contribution in [2.45, 2.75) is 25.3 Å². The molecule has 0 saturated heterocycles. The average Bonchev–Trinajstić information content (AvgIpc) is 2.23. The molecule has 82 valence electrons. The van der Waals surface area contributed by atoms with Crippen molar-refractivity contribution in [3.8, 4) is 5.88 Å². The van der Waals surface area contributed by atoms with Crippen LogP contribution in [0, 0.1) is 5.92 Å². The summed E-state index contributed by atoms with van der Waals surface area (Å²) in [6.07, 6.45) is 5.49. The standard InChI is InChI=1S/C11H17N3O/c1-15-11-9(6-3-7-13-11)10(14-12)8-4-2-5-8/h3,6-8,10,14H,2,4-5,12H2,1H3. The van der Waals surface area contributed by atoms with E-state index in [1.807, 2.05) is 12.1 Å². The summed E-state index contributed by atoms with van der Waals surface area (Å²) in [5.74, 6) is 6.90. The molecule has 1 aliphatic rings. The van der Waals surface area contributed by atoms with E-state index in [-0.39, 0.29) is 6.04 Å². The van der Waals surface area contributed by atoms with Gasteiger partial charge in [-0.15, -0.1) is 0 Å². The van der Waals surface area contributed by atoms with E-state index in [4.69, 9.17) is 10.6 Å². The first kappa shape index (κ1) is 10.4. The van der Waals surface area contributed by atoms with Crippen LogP contribution in [0.1, 0.15) is 30.9 Å². The molecule has 1 fully saturated rings. The lowest BCUT2D eigenvalue weighted by Gasteiger charge is -2.33. The van der Waals surface area contributed by atoms with Crippen molar-refractivity contribution >= 4 is 0 Å². The molecule has 3 N–H and O–H groups in total. The summed E-state index contributed by atoms with van der Waals surface area (Å²) in [6, 6.07) is 4.11. The van der Waals surface area contributed by atoms with E-state index in [0.717, 1.165) is 5.56 Å². The number of nitrogens with one attached hydrogen (secondary N) is 1. The Morgan fingerprint density at radius 3 is 2.93 bits per heavy atom. The minimum absolute atomic E-state index is 0.169. The van der Waals surface area contributed by atoms with Crippen LogP contribution in [-0.2, 0) is 0 Å². The van der Waals surface area contributed by atoms with Gasteiger partial charge < -0.3 is 4.74 Å². The number of pyridine rings is 1. The van der Waals surface area contributed by atoms with E-state index < -0.39 is 0 Å². The summed E-state index contributed by atoms with van der Waals surface area (Å²) in [7, 11) is 1.64. The molecule has 0 aromatic carbocycles. The van der Waals surface area contributed by atoms with Gasteiger partial charge in [0, 0.05) is 11.8 Å². The van der Waals surface area contributed by atoms with Crippen LogP contribution in [0.2, 0.25) is 0 Å². The monoisotopic (exact) mass is 207 g/mol. The van der Waals surface area contributed by atoms with Gasteiger partial charge in [-0.1, -0.05) is 12.5 Å². The summed E-state index contributed by atoms with van der Waals surface area (Å²) in [5, 5.41) is 0. The highest BCUT2D eigenvalue weighted by Crippen LogP contribution is 2.39. The number of nitrogens with two attached hydrogens (primary N) is 1. The van der Waals surface area contributed by atoms with Crippen LogP contribution >= 0.6 is 0 Å². The first-order valence-corrected chi connectivity index (χ1v) is 5.32. The molecule has 1 aliphatic carbocycles. The summed E-state index contributed by atoms with van der Waals surface area (Å²) >= 11 is 0. The Morgan fingerprint density at radius 1 is 1.60 bits per heavy atom. The van der Waals surface area contributed by atoms with E-state index in [1.54, 1.807) is 13.3 Å². The van der Waals surface area contributed by atoms with Crippen molar-refractivity contribution in [2.75, 3.05) is 7.11 Å². The second-order valence-electron chi connectivity index (χ2n) is 3.94. The van der Waals surface area contributed by atoms with Gasteiger partial charge in [0.25, 0.3) is 0 Å². The van der Waals surface area contributed by atoms with Crippen LogP contribution in [0.15, 0.2) is 18.3 Å². The fourth-order valence-corrected chi connectivity index (χ4v) is 2.06. The lowest BCUT2D eigenvalue weighted by molar-refractivity contribution is 0.227. The topological polar surface area (TPSA) is 60.2 Å². The van der Waals surface area contributed by atoms with Gasteiger partial charge in [-0.25, -0.2) is 4.98 Å². The Labute approximate surface area is 89.8 Å². The largest absolute Gasteiger partial charge is 0.481 e. The number of hydrogen-bond acceptors (Lipinski definition) is 4. The maximum Gasteiger partial charge on any atom is 0.217 e. The van der Waals surface area contributed by atoms with E-state index in [9.17, 15) is 0 Å². The van der Waals surface area contributed by atoms with Crippen molar-refractivity contribution in [1.29, 1.82) is 0 Å². The predicted octanol–water partition coefficient (Wildman–Crippen LogP) is 1.39. The van der Waals surface area contributed by atoms with E-state index in [0.29, 0.717) is 11.8 Å². The number of rotatable bonds is 4. The van der Waals surface area contributed by atoms with Crippen molar-refractivity contribution in [1.82, 2.24) is 10.4 Å².